The summed E-state index contributed by atoms with van der Waals surface area (Å²) in [5.41, 5.74) is 1.93. The maximum absolute atomic E-state index is 12.5. The molecule has 4 saturated carbocycles. The van der Waals surface area contributed by atoms with E-state index < -0.39 is 6.16 Å². The van der Waals surface area contributed by atoms with Gasteiger partial charge >= 0.3 is 6.16 Å². The molecule has 0 bridgehead atoms. The number of oxime groups is 1. The molecule has 4 fully saturated rings. The van der Waals surface area contributed by atoms with Crippen molar-refractivity contribution in [1.82, 2.24) is 0 Å². The van der Waals surface area contributed by atoms with E-state index >= 15 is 0 Å². The lowest BCUT2D eigenvalue weighted by Gasteiger charge is -2.61. The van der Waals surface area contributed by atoms with Crippen LogP contribution in [0.15, 0.2) is 5.16 Å². The molecular weight excluding hydrogens is 482 g/mol. The number of hydrogen-bond donors (Lipinski definition) is 0. The van der Waals surface area contributed by atoms with E-state index in [1.165, 1.54) is 64.2 Å². The zero-order chi connectivity index (χ0) is 28.2. The van der Waals surface area contributed by atoms with Crippen molar-refractivity contribution >= 4 is 11.9 Å². The molecule has 39 heavy (non-hydrogen) atoms. The Morgan fingerprint density at radius 2 is 1.56 bits per heavy atom. The Labute approximate surface area is 240 Å². The molecule has 4 rings (SSSR count). The Morgan fingerprint density at radius 3 is 2.26 bits per heavy atom. The van der Waals surface area contributed by atoms with Crippen molar-refractivity contribution in [2.24, 2.45) is 57.4 Å². The minimum absolute atomic E-state index is 0.0143. The Bertz CT molecular complexity index is 830. The van der Waals surface area contributed by atoms with Crippen molar-refractivity contribution in [1.29, 1.82) is 0 Å². The Kier molecular flexibility index (Phi) is 10.5. The van der Waals surface area contributed by atoms with E-state index in [4.69, 9.17) is 9.57 Å². The fraction of sp³-hybridized carbons (Fsp3) is 0.943. The summed E-state index contributed by atoms with van der Waals surface area (Å²) < 4.78 is 5.83. The van der Waals surface area contributed by atoms with Gasteiger partial charge in [-0.2, -0.15) is 0 Å². The number of rotatable bonds is 11. The second-order valence-corrected chi connectivity index (χ2v) is 15.2. The SMILES string of the molecule is CCCC(CCC)=NOC(=O)O[C@H]1CC[C@@]2(C)[C@@H](CC[C@@H]3[C@@H]2CC[C@]2(C)[C@@H]([C@@H](C)CCCC(C)C)CC[C@@H]32)C1. The van der Waals surface area contributed by atoms with Crippen LogP contribution in [-0.2, 0) is 9.57 Å². The predicted octanol–water partition coefficient (Wildman–Crippen LogP) is 10.6. The van der Waals surface area contributed by atoms with Gasteiger partial charge in [-0.3, -0.25) is 4.84 Å². The van der Waals surface area contributed by atoms with Crippen LogP contribution in [-0.4, -0.2) is 18.0 Å². The maximum atomic E-state index is 12.5. The van der Waals surface area contributed by atoms with Gasteiger partial charge in [0.1, 0.15) is 6.10 Å². The van der Waals surface area contributed by atoms with Crippen LogP contribution in [0.25, 0.3) is 0 Å². The van der Waals surface area contributed by atoms with Crippen LogP contribution in [0, 0.1) is 52.3 Å². The van der Waals surface area contributed by atoms with Gasteiger partial charge in [-0.05, 0) is 123 Å². The van der Waals surface area contributed by atoms with Crippen molar-refractivity contribution in [3.63, 3.8) is 0 Å². The summed E-state index contributed by atoms with van der Waals surface area (Å²) in [5, 5.41) is 4.14. The third-order valence-electron chi connectivity index (χ3n) is 12.4. The average molecular weight is 544 g/mol. The number of fused-ring (bicyclic) bond motifs is 5. The Balaban J connectivity index is 1.33. The summed E-state index contributed by atoms with van der Waals surface area (Å²) in [6.45, 7) is 16.9. The van der Waals surface area contributed by atoms with E-state index in [-0.39, 0.29) is 6.10 Å². The molecule has 0 spiro atoms. The largest absolute Gasteiger partial charge is 0.535 e. The smallest absolute Gasteiger partial charge is 0.429 e. The van der Waals surface area contributed by atoms with E-state index in [2.05, 4.69) is 53.6 Å². The molecule has 9 atom stereocenters. The number of carbonyl (C=O) groups is 1. The fourth-order valence-electron chi connectivity index (χ4n) is 10.4. The Morgan fingerprint density at radius 1 is 0.872 bits per heavy atom. The zero-order valence-electron chi connectivity index (χ0n) is 26.6. The highest BCUT2D eigenvalue weighted by Crippen LogP contribution is 2.68. The lowest BCUT2D eigenvalue weighted by Crippen LogP contribution is -2.54. The predicted molar refractivity (Wildman–Crippen MR) is 162 cm³/mol. The highest BCUT2D eigenvalue weighted by Gasteiger charge is 2.60. The quantitative estimate of drug-likeness (QED) is 0.113. The van der Waals surface area contributed by atoms with Crippen LogP contribution >= 0.6 is 0 Å². The maximum Gasteiger partial charge on any atom is 0.535 e. The molecule has 0 unspecified atom stereocenters. The molecule has 0 radical (unpaired) electrons. The molecule has 224 valence electrons. The van der Waals surface area contributed by atoms with E-state index in [0.717, 1.165) is 79.7 Å². The summed E-state index contributed by atoms with van der Waals surface area (Å²) >= 11 is 0. The van der Waals surface area contributed by atoms with Gasteiger partial charge in [0, 0.05) is 0 Å². The monoisotopic (exact) mass is 543 g/mol. The molecule has 4 heteroatoms. The molecule has 0 heterocycles. The van der Waals surface area contributed by atoms with Crippen molar-refractivity contribution < 1.29 is 14.4 Å². The number of hydrogen-bond acceptors (Lipinski definition) is 4. The normalized spacial score (nSPS) is 38.4. The second kappa shape index (κ2) is 13.3. The summed E-state index contributed by atoms with van der Waals surface area (Å²) in [4.78, 5) is 17.7. The molecule has 0 saturated heterocycles. The van der Waals surface area contributed by atoms with Crippen LogP contribution in [0.5, 0.6) is 0 Å². The topological polar surface area (TPSA) is 47.9 Å². The molecule has 0 amide bonds. The first-order chi connectivity index (χ1) is 18.6. The van der Waals surface area contributed by atoms with E-state index in [1.54, 1.807) is 0 Å². The van der Waals surface area contributed by atoms with Gasteiger partial charge in [-0.25, -0.2) is 4.79 Å². The zero-order valence-corrected chi connectivity index (χ0v) is 26.6. The minimum Gasteiger partial charge on any atom is -0.429 e. The van der Waals surface area contributed by atoms with Gasteiger partial charge < -0.3 is 4.74 Å². The molecule has 0 aromatic rings. The second-order valence-electron chi connectivity index (χ2n) is 15.2. The first kappa shape index (κ1) is 30.9. The number of nitrogens with zero attached hydrogens (tertiary/aromatic N) is 1. The van der Waals surface area contributed by atoms with Crippen molar-refractivity contribution in [2.75, 3.05) is 0 Å². The van der Waals surface area contributed by atoms with Crippen molar-refractivity contribution in [3.8, 4) is 0 Å². The highest BCUT2D eigenvalue weighted by molar-refractivity contribution is 5.84. The lowest BCUT2D eigenvalue weighted by atomic mass is 9.44. The van der Waals surface area contributed by atoms with Gasteiger partial charge in [0.05, 0.1) is 5.71 Å². The van der Waals surface area contributed by atoms with Gasteiger partial charge in [-0.1, -0.05) is 85.7 Å². The molecule has 0 aliphatic heterocycles. The van der Waals surface area contributed by atoms with E-state index in [0.29, 0.717) is 16.7 Å². The number of carbonyl (C=O) groups excluding carboxylic acids is 1. The fourth-order valence-corrected chi connectivity index (χ4v) is 10.4. The summed E-state index contributed by atoms with van der Waals surface area (Å²) in [6.07, 6.45) is 19.0. The Hall–Kier alpha value is -1.06. The molecule has 0 N–H and O–H groups in total. The first-order valence-corrected chi connectivity index (χ1v) is 17.1. The highest BCUT2D eigenvalue weighted by atomic mass is 16.8. The third-order valence-corrected chi connectivity index (χ3v) is 12.4. The van der Waals surface area contributed by atoms with Gasteiger partial charge in [-0.15, -0.1) is 0 Å². The minimum atomic E-state index is -0.602. The first-order valence-electron chi connectivity index (χ1n) is 17.1. The molecule has 0 aromatic heterocycles. The molecular formula is C35H61NO3. The molecule has 4 aliphatic rings. The van der Waals surface area contributed by atoms with Crippen LogP contribution < -0.4 is 0 Å². The summed E-state index contributed by atoms with van der Waals surface area (Å²) in [7, 11) is 0. The van der Waals surface area contributed by atoms with Crippen LogP contribution in [0.2, 0.25) is 0 Å². The standard InChI is InChI=1S/C35H61NO3/c1-8-11-27(12-9-2)36-39-33(37)38-28-19-21-34(6)26(23-28)15-16-29-31-18-17-30(25(5)14-10-13-24(3)4)35(31,7)22-20-32(29)34/h24-26,28-32H,8-23H2,1-7H3/t25-,26-,28-,29-,30+,31-,32-,34-,35+/m0/s1. The van der Waals surface area contributed by atoms with Gasteiger partial charge in [0.25, 0.3) is 0 Å². The summed E-state index contributed by atoms with van der Waals surface area (Å²) in [6, 6.07) is 0. The van der Waals surface area contributed by atoms with E-state index in [9.17, 15) is 4.79 Å². The van der Waals surface area contributed by atoms with Crippen LogP contribution in [0.1, 0.15) is 151 Å². The number of ether oxygens (including phenoxy) is 1. The van der Waals surface area contributed by atoms with E-state index in [1.807, 2.05) is 0 Å². The van der Waals surface area contributed by atoms with Crippen molar-refractivity contribution in [2.45, 2.75) is 157 Å². The molecule has 4 aliphatic carbocycles. The van der Waals surface area contributed by atoms with Crippen LogP contribution in [0.3, 0.4) is 0 Å². The third kappa shape index (κ3) is 6.72. The lowest BCUT2D eigenvalue weighted by molar-refractivity contribution is -0.132. The molecule has 0 aromatic carbocycles. The average Bonchev–Trinajstić information content (AvgIpc) is 3.25. The van der Waals surface area contributed by atoms with Gasteiger partial charge in [0.15, 0.2) is 0 Å². The van der Waals surface area contributed by atoms with Gasteiger partial charge in [0.2, 0.25) is 0 Å². The van der Waals surface area contributed by atoms with Crippen LogP contribution in [0.4, 0.5) is 4.79 Å². The van der Waals surface area contributed by atoms with Crippen molar-refractivity contribution in [3.05, 3.63) is 0 Å². The summed E-state index contributed by atoms with van der Waals surface area (Å²) in [5.74, 6) is 5.99. The molecule has 4 nitrogen and oxygen atoms in total.